The molecule has 2 aromatic carbocycles. The Balaban J connectivity index is 0.00000208. The number of thioether (sulfide) groups is 1. The lowest BCUT2D eigenvalue weighted by Gasteiger charge is -2.04. The molecule has 3 rings (SSSR count). The molecule has 1 N–H and O–H groups in total. The van der Waals surface area contributed by atoms with Crippen molar-refractivity contribution in [2.45, 2.75) is 5.16 Å². The summed E-state index contributed by atoms with van der Waals surface area (Å²) >= 11 is 1.64. The predicted molar refractivity (Wildman–Crippen MR) is 104 cm³/mol. The van der Waals surface area contributed by atoms with Gasteiger partial charge in [-0.25, -0.2) is 4.98 Å². The molecule has 0 spiro atoms. The third kappa shape index (κ3) is 4.02. The molecule has 0 saturated heterocycles. The van der Waals surface area contributed by atoms with Crippen LogP contribution in [-0.2, 0) is 0 Å². The van der Waals surface area contributed by atoms with E-state index in [9.17, 15) is 0 Å². The number of benzene rings is 2. The molecule has 0 aliphatic heterocycles. The topological polar surface area (TPSA) is 37.9 Å². The van der Waals surface area contributed by atoms with E-state index in [1.165, 1.54) is 0 Å². The molecule has 3 aromatic rings. The highest BCUT2D eigenvalue weighted by Crippen LogP contribution is 2.33. The number of rotatable bonds is 6. The average molecular weight is 359 g/mol. The summed E-state index contributed by atoms with van der Waals surface area (Å²) in [6, 6.07) is 18.2. The number of aromatic amines is 1. The zero-order chi connectivity index (χ0) is 16.1. The van der Waals surface area contributed by atoms with Crippen LogP contribution in [0.25, 0.3) is 22.5 Å². The number of nitrogens with zero attached hydrogens (tertiary/aromatic N) is 1. The van der Waals surface area contributed by atoms with Crippen molar-refractivity contribution >= 4 is 24.2 Å². The number of halogens is 1. The highest BCUT2D eigenvalue weighted by atomic mass is 35.5. The smallest absolute Gasteiger partial charge is 0.166 e. The van der Waals surface area contributed by atoms with Crippen molar-refractivity contribution in [2.24, 2.45) is 0 Å². The molecule has 0 fully saturated rings. The summed E-state index contributed by atoms with van der Waals surface area (Å²) in [7, 11) is 1.67. The van der Waals surface area contributed by atoms with Gasteiger partial charge in [-0.1, -0.05) is 48.2 Å². The van der Waals surface area contributed by atoms with Crippen LogP contribution in [0.1, 0.15) is 0 Å². The number of H-pyrrole nitrogens is 1. The van der Waals surface area contributed by atoms with Gasteiger partial charge in [-0.2, -0.15) is 0 Å². The lowest BCUT2D eigenvalue weighted by molar-refractivity contribution is 0.415. The molecule has 0 unspecified atom stereocenters. The second-order valence-electron chi connectivity index (χ2n) is 4.96. The van der Waals surface area contributed by atoms with Gasteiger partial charge < -0.3 is 9.72 Å². The van der Waals surface area contributed by atoms with Crippen LogP contribution < -0.4 is 4.74 Å². The molecular formula is C19H19ClN2OS. The SMILES string of the molecule is C=CCSc1nc(-c2ccccc2)c(-c2ccc(OC)cc2)[nH]1.Cl. The quantitative estimate of drug-likeness (QED) is 0.470. The van der Waals surface area contributed by atoms with E-state index >= 15 is 0 Å². The van der Waals surface area contributed by atoms with Crippen LogP contribution in [-0.4, -0.2) is 22.8 Å². The highest BCUT2D eigenvalue weighted by molar-refractivity contribution is 7.99. The molecule has 1 heterocycles. The maximum Gasteiger partial charge on any atom is 0.166 e. The lowest BCUT2D eigenvalue weighted by Crippen LogP contribution is -1.85. The largest absolute Gasteiger partial charge is 0.497 e. The van der Waals surface area contributed by atoms with Gasteiger partial charge in [0.25, 0.3) is 0 Å². The van der Waals surface area contributed by atoms with Crippen LogP contribution in [0.4, 0.5) is 0 Å². The second kappa shape index (κ2) is 8.62. The fourth-order valence-electron chi connectivity index (χ4n) is 2.33. The molecule has 0 amide bonds. The van der Waals surface area contributed by atoms with Gasteiger partial charge >= 0.3 is 0 Å². The van der Waals surface area contributed by atoms with Crippen molar-refractivity contribution in [3.8, 4) is 28.3 Å². The van der Waals surface area contributed by atoms with E-state index in [1.807, 2.05) is 48.5 Å². The van der Waals surface area contributed by atoms with Crippen molar-refractivity contribution in [1.82, 2.24) is 9.97 Å². The monoisotopic (exact) mass is 358 g/mol. The molecule has 0 atom stereocenters. The van der Waals surface area contributed by atoms with Crippen molar-refractivity contribution in [1.29, 1.82) is 0 Å². The van der Waals surface area contributed by atoms with Crippen LogP contribution in [0.3, 0.4) is 0 Å². The van der Waals surface area contributed by atoms with Gasteiger partial charge in [0.15, 0.2) is 5.16 Å². The number of ether oxygens (including phenoxy) is 1. The van der Waals surface area contributed by atoms with Gasteiger partial charge in [-0.15, -0.1) is 19.0 Å². The van der Waals surface area contributed by atoms with Crippen molar-refractivity contribution in [3.63, 3.8) is 0 Å². The lowest BCUT2D eigenvalue weighted by atomic mass is 10.1. The molecule has 124 valence electrons. The van der Waals surface area contributed by atoms with Gasteiger partial charge in [-0.05, 0) is 24.3 Å². The van der Waals surface area contributed by atoms with E-state index in [-0.39, 0.29) is 12.4 Å². The Morgan fingerprint density at radius 3 is 2.42 bits per heavy atom. The van der Waals surface area contributed by atoms with Crippen molar-refractivity contribution in [2.75, 3.05) is 12.9 Å². The maximum atomic E-state index is 5.24. The van der Waals surface area contributed by atoms with E-state index in [4.69, 9.17) is 9.72 Å². The minimum absolute atomic E-state index is 0. The highest BCUT2D eigenvalue weighted by Gasteiger charge is 2.14. The molecule has 1 aromatic heterocycles. The molecular weight excluding hydrogens is 340 g/mol. The van der Waals surface area contributed by atoms with E-state index in [2.05, 4.69) is 23.7 Å². The van der Waals surface area contributed by atoms with Crippen LogP contribution in [0.2, 0.25) is 0 Å². The van der Waals surface area contributed by atoms with E-state index in [0.29, 0.717) is 0 Å². The summed E-state index contributed by atoms with van der Waals surface area (Å²) in [5.41, 5.74) is 4.16. The van der Waals surface area contributed by atoms with Crippen LogP contribution in [0, 0.1) is 0 Å². The zero-order valence-electron chi connectivity index (χ0n) is 13.4. The summed E-state index contributed by atoms with van der Waals surface area (Å²) in [5.74, 6) is 1.67. The van der Waals surface area contributed by atoms with Crippen LogP contribution >= 0.6 is 24.2 Å². The molecule has 24 heavy (non-hydrogen) atoms. The van der Waals surface area contributed by atoms with Gasteiger partial charge in [0.2, 0.25) is 0 Å². The summed E-state index contributed by atoms with van der Waals surface area (Å²) < 4.78 is 5.24. The Bertz CT molecular complexity index is 785. The standard InChI is InChI=1S/C19H18N2OS.ClH/c1-3-13-23-19-20-17(14-7-5-4-6-8-14)18(21-19)15-9-11-16(22-2)12-10-15;/h3-12H,1,13H2,2H3,(H,20,21);1H. The predicted octanol–water partition coefficient (Wildman–Crippen LogP) is 5.45. The molecule has 0 aliphatic carbocycles. The Morgan fingerprint density at radius 1 is 1.08 bits per heavy atom. The van der Waals surface area contributed by atoms with Gasteiger partial charge in [0, 0.05) is 16.9 Å². The van der Waals surface area contributed by atoms with Gasteiger partial charge in [0.1, 0.15) is 5.75 Å². The number of imidazole rings is 1. The molecule has 0 saturated carbocycles. The van der Waals surface area contributed by atoms with Crippen molar-refractivity contribution in [3.05, 3.63) is 67.3 Å². The zero-order valence-corrected chi connectivity index (χ0v) is 15.0. The Kier molecular flexibility index (Phi) is 6.53. The first-order valence-corrected chi connectivity index (χ1v) is 8.34. The minimum atomic E-state index is 0. The van der Waals surface area contributed by atoms with Crippen LogP contribution in [0.15, 0.2) is 72.4 Å². The van der Waals surface area contributed by atoms with E-state index in [1.54, 1.807) is 18.9 Å². The number of hydrogen-bond donors (Lipinski definition) is 1. The minimum Gasteiger partial charge on any atom is -0.497 e. The first-order chi connectivity index (χ1) is 11.3. The molecule has 0 aliphatic rings. The second-order valence-corrected chi connectivity index (χ2v) is 5.97. The summed E-state index contributed by atoms with van der Waals surface area (Å²) in [5, 5.41) is 0.898. The summed E-state index contributed by atoms with van der Waals surface area (Å²) in [6.07, 6.45) is 1.88. The molecule has 0 bridgehead atoms. The maximum absolute atomic E-state index is 5.24. The Hall–Kier alpha value is -2.17. The Morgan fingerprint density at radius 2 is 1.79 bits per heavy atom. The third-order valence-corrected chi connectivity index (χ3v) is 4.32. The summed E-state index contributed by atoms with van der Waals surface area (Å²) in [6.45, 7) is 3.76. The number of aromatic nitrogens is 2. The first-order valence-electron chi connectivity index (χ1n) is 7.35. The summed E-state index contributed by atoms with van der Waals surface area (Å²) in [4.78, 5) is 8.20. The van der Waals surface area contributed by atoms with Crippen LogP contribution in [0.5, 0.6) is 5.75 Å². The number of nitrogens with one attached hydrogen (secondary N) is 1. The van der Waals surface area contributed by atoms with E-state index in [0.717, 1.165) is 39.2 Å². The molecule has 0 radical (unpaired) electrons. The number of methoxy groups -OCH3 is 1. The fourth-order valence-corrected chi connectivity index (χ4v) is 2.94. The molecule has 3 nitrogen and oxygen atoms in total. The number of hydrogen-bond acceptors (Lipinski definition) is 3. The third-order valence-electron chi connectivity index (χ3n) is 3.45. The van der Waals surface area contributed by atoms with E-state index < -0.39 is 0 Å². The molecule has 5 heteroatoms. The average Bonchev–Trinajstić information content (AvgIpc) is 3.05. The first kappa shape index (κ1) is 18.2. The van der Waals surface area contributed by atoms with Crippen molar-refractivity contribution < 1.29 is 4.74 Å². The normalized spacial score (nSPS) is 10.0. The van der Waals surface area contributed by atoms with Gasteiger partial charge in [0.05, 0.1) is 18.5 Å². The Labute approximate surface area is 152 Å². The van der Waals surface area contributed by atoms with Gasteiger partial charge in [-0.3, -0.25) is 0 Å². The fraction of sp³-hybridized carbons (Fsp3) is 0.105.